The van der Waals surface area contributed by atoms with E-state index in [4.69, 9.17) is 4.74 Å². The summed E-state index contributed by atoms with van der Waals surface area (Å²) < 4.78 is 74.9. The summed E-state index contributed by atoms with van der Waals surface area (Å²) in [5, 5.41) is 12.0. The SMILES string of the molecule is O=C(C#Cc1ccc(-c2cccc(OC(F)F)c2)c(C(F)(F)F)c1)N[C@H]1COC[C@H]1O. The second kappa shape index (κ2) is 9.32. The monoisotopic (exact) mass is 441 g/mol. The van der Waals surface area contributed by atoms with Crippen molar-refractivity contribution in [2.24, 2.45) is 0 Å². The van der Waals surface area contributed by atoms with Gasteiger partial charge in [-0.05, 0) is 35.4 Å². The molecular weight excluding hydrogens is 425 g/mol. The van der Waals surface area contributed by atoms with Gasteiger partial charge in [-0.3, -0.25) is 4.79 Å². The Kier molecular flexibility index (Phi) is 6.77. The number of rotatable bonds is 4. The molecule has 1 heterocycles. The molecule has 0 unspecified atom stereocenters. The molecule has 0 aliphatic carbocycles. The molecule has 164 valence electrons. The predicted molar refractivity (Wildman–Crippen MR) is 99.1 cm³/mol. The maximum absolute atomic E-state index is 13.6. The van der Waals surface area contributed by atoms with Crippen molar-refractivity contribution in [3.8, 4) is 28.7 Å². The van der Waals surface area contributed by atoms with Crippen LogP contribution in [0.2, 0.25) is 0 Å². The molecule has 0 saturated carbocycles. The van der Waals surface area contributed by atoms with Gasteiger partial charge in [0.05, 0.1) is 30.9 Å². The van der Waals surface area contributed by atoms with Crippen molar-refractivity contribution in [1.29, 1.82) is 0 Å². The minimum Gasteiger partial charge on any atom is -0.435 e. The molecule has 2 aromatic carbocycles. The first kappa shape index (κ1) is 22.5. The van der Waals surface area contributed by atoms with Gasteiger partial charge in [0.2, 0.25) is 0 Å². The molecule has 2 aromatic rings. The lowest BCUT2D eigenvalue weighted by Gasteiger charge is -2.14. The number of carbonyl (C=O) groups is 1. The summed E-state index contributed by atoms with van der Waals surface area (Å²) in [6.45, 7) is -2.94. The molecule has 2 N–H and O–H groups in total. The molecule has 3 rings (SSSR count). The van der Waals surface area contributed by atoms with Crippen LogP contribution in [0.4, 0.5) is 22.0 Å². The van der Waals surface area contributed by atoms with Crippen LogP contribution < -0.4 is 10.1 Å². The zero-order chi connectivity index (χ0) is 22.6. The van der Waals surface area contributed by atoms with E-state index in [1.54, 1.807) is 0 Å². The van der Waals surface area contributed by atoms with Crippen LogP contribution in [0.15, 0.2) is 42.5 Å². The number of hydrogen-bond acceptors (Lipinski definition) is 4. The van der Waals surface area contributed by atoms with E-state index in [-0.39, 0.29) is 35.7 Å². The van der Waals surface area contributed by atoms with Gasteiger partial charge in [0.1, 0.15) is 5.75 Å². The topological polar surface area (TPSA) is 67.8 Å². The zero-order valence-electron chi connectivity index (χ0n) is 15.7. The standard InChI is InChI=1S/C21H16F5NO4/c22-20(23)31-14-3-1-2-13(9-14)15-6-4-12(8-16(15)21(24,25)26)5-7-19(29)27-17-10-30-11-18(17)28/h1-4,6,8-9,17-18,20,28H,10-11H2,(H,27,29)/t17-,18+/m0/s1. The second-order valence-electron chi connectivity index (χ2n) is 6.60. The van der Waals surface area contributed by atoms with Gasteiger partial charge in [-0.15, -0.1) is 0 Å². The van der Waals surface area contributed by atoms with Crippen LogP contribution in [0.1, 0.15) is 11.1 Å². The maximum atomic E-state index is 13.6. The minimum absolute atomic E-state index is 0.0259. The molecule has 10 heteroatoms. The van der Waals surface area contributed by atoms with Gasteiger partial charge < -0.3 is 19.9 Å². The van der Waals surface area contributed by atoms with Gasteiger partial charge >= 0.3 is 12.8 Å². The summed E-state index contributed by atoms with van der Waals surface area (Å²) in [6, 6.07) is 7.45. The predicted octanol–water partition coefficient (Wildman–Crippen LogP) is 3.20. The van der Waals surface area contributed by atoms with Crippen LogP contribution >= 0.6 is 0 Å². The number of halogens is 5. The summed E-state index contributed by atoms with van der Waals surface area (Å²) in [5.74, 6) is 3.48. The van der Waals surface area contributed by atoms with Gasteiger partial charge in [0, 0.05) is 11.5 Å². The quantitative estimate of drug-likeness (QED) is 0.565. The largest absolute Gasteiger partial charge is 0.435 e. The average molecular weight is 441 g/mol. The number of benzene rings is 2. The second-order valence-corrected chi connectivity index (χ2v) is 6.60. The Morgan fingerprint density at radius 2 is 1.97 bits per heavy atom. The number of carbonyl (C=O) groups excluding carboxylic acids is 1. The molecule has 1 saturated heterocycles. The average Bonchev–Trinajstić information content (AvgIpc) is 3.09. The maximum Gasteiger partial charge on any atom is 0.417 e. The van der Waals surface area contributed by atoms with Crippen LogP contribution in [0, 0.1) is 11.8 Å². The van der Waals surface area contributed by atoms with Gasteiger partial charge in [-0.1, -0.05) is 24.1 Å². The third-order valence-corrected chi connectivity index (χ3v) is 4.38. The van der Waals surface area contributed by atoms with Crippen molar-refractivity contribution in [1.82, 2.24) is 5.32 Å². The van der Waals surface area contributed by atoms with E-state index in [9.17, 15) is 31.9 Å². The molecule has 5 nitrogen and oxygen atoms in total. The van der Waals surface area contributed by atoms with E-state index >= 15 is 0 Å². The number of amides is 1. The third kappa shape index (κ3) is 5.93. The van der Waals surface area contributed by atoms with Crippen molar-refractivity contribution in [2.45, 2.75) is 24.9 Å². The molecule has 0 aromatic heterocycles. The molecule has 1 aliphatic heterocycles. The number of ether oxygens (including phenoxy) is 2. The minimum atomic E-state index is -4.76. The fourth-order valence-corrected chi connectivity index (χ4v) is 2.96. The van der Waals surface area contributed by atoms with Crippen LogP contribution in [-0.2, 0) is 15.7 Å². The number of hydrogen-bond donors (Lipinski definition) is 2. The highest BCUT2D eigenvalue weighted by Crippen LogP contribution is 2.38. The zero-order valence-corrected chi connectivity index (χ0v) is 15.7. The first-order valence-corrected chi connectivity index (χ1v) is 8.98. The number of aliphatic hydroxyl groups excluding tert-OH is 1. The van der Waals surface area contributed by atoms with E-state index in [2.05, 4.69) is 21.9 Å². The number of alkyl halides is 5. The highest BCUT2D eigenvalue weighted by atomic mass is 19.4. The summed E-state index contributed by atoms with van der Waals surface area (Å²) in [7, 11) is 0. The highest BCUT2D eigenvalue weighted by Gasteiger charge is 2.34. The fourth-order valence-electron chi connectivity index (χ4n) is 2.96. The molecule has 2 atom stereocenters. The third-order valence-electron chi connectivity index (χ3n) is 4.38. The van der Waals surface area contributed by atoms with E-state index in [0.717, 1.165) is 18.2 Å². The smallest absolute Gasteiger partial charge is 0.417 e. The molecule has 0 radical (unpaired) electrons. The summed E-state index contributed by atoms with van der Waals surface area (Å²) >= 11 is 0. The first-order chi connectivity index (χ1) is 14.6. The molecular formula is C21H16F5NO4. The Balaban J connectivity index is 1.87. The van der Waals surface area contributed by atoms with E-state index in [0.29, 0.717) is 0 Å². The van der Waals surface area contributed by atoms with Crippen molar-refractivity contribution in [3.05, 3.63) is 53.6 Å². The van der Waals surface area contributed by atoms with Crippen LogP contribution in [0.3, 0.4) is 0 Å². The van der Waals surface area contributed by atoms with Crippen LogP contribution in [0.5, 0.6) is 5.75 Å². The summed E-state index contributed by atoms with van der Waals surface area (Å²) in [6.07, 6.45) is -5.65. The normalized spacial score (nSPS) is 18.4. The highest BCUT2D eigenvalue weighted by molar-refractivity contribution is 5.94. The lowest BCUT2D eigenvalue weighted by molar-refractivity contribution is -0.137. The van der Waals surface area contributed by atoms with E-state index < -0.39 is 36.4 Å². The molecule has 1 fully saturated rings. The lowest BCUT2D eigenvalue weighted by Crippen LogP contribution is -2.41. The van der Waals surface area contributed by atoms with Gasteiger partial charge in [-0.2, -0.15) is 22.0 Å². The molecule has 1 aliphatic rings. The van der Waals surface area contributed by atoms with Gasteiger partial charge in [-0.25, -0.2) is 0 Å². The Bertz CT molecular complexity index is 1010. The van der Waals surface area contributed by atoms with Gasteiger partial charge in [0.15, 0.2) is 0 Å². The van der Waals surface area contributed by atoms with E-state index in [1.807, 2.05) is 0 Å². The summed E-state index contributed by atoms with van der Waals surface area (Å²) in [4.78, 5) is 11.9. The molecule has 0 spiro atoms. The summed E-state index contributed by atoms with van der Waals surface area (Å²) in [5.41, 5.74) is -1.35. The van der Waals surface area contributed by atoms with Crippen molar-refractivity contribution < 1.29 is 41.3 Å². The number of aliphatic hydroxyl groups is 1. The lowest BCUT2D eigenvalue weighted by atomic mass is 9.97. The Labute approximate surface area is 173 Å². The molecule has 1 amide bonds. The van der Waals surface area contributed by atoms with Crippen molar-refractivity contribution in [2.75, 3.05) is 13.2 Å². The fraction of sp³-hybridized carbons (Fsp3) is 0.286. The Morgan fingerprint density at radius 3 is 2.61 bits per heavy atom. The van der Waals surface area contributed by atoms with Crippen molar-refractivity contribution in [3.63, 3.8) is 0 Å². The Hall–Kier alpha value is -3.16. The molecule has 0 bridgehead atoms. The van der Waals surface area contributed by atoms with Crippen LogP contribution in [-0.4, -0.2) is 43.0 Å². The van der Waals surface area contributed by atoms with Gasteiger partial charge in [0.25, 0.3) is 5.91 Å². The van der Waals surface area contributed by atoms with E-state index in [1.165, 1.54) is 24.3 Å². The van der Waals surface area contributed by atoms with Crippen molar-refractivity contribution >= 4 is 5.91 Å². The number of nitrogens with one attached hydrogen (secondary N) is 1. The van der Waals surface area contributed by atoms with Crippen LogP contribution in [0.25, 0.3) is 11.1 Å². The molecule has 31 heavy (non-hydrogen) atoms. The first-order valence-electron chi connectivity index (χ1n) is 8.98. The Morgan fingerprint density at radius 1 is 1.19 bits per heavy atom.